The fraction of sp³-hybridized carbons (Fsp3) is 0. The molecule has 1 aromatic carbocycles. The number of amides is 1. The molecule has 4 heteroatoms. The van der Waals surface area contributed by atoms with E-state index in [0.29, 0.717) is 5.69 Å². The van der Waals surface area contributed by atoms with E-state index in [0.717, 1.165) is 0 Å². The van der Waals surface area contributed by atoms with E-state index >= 15 is 0 Å². The van der Waals surface area contributed by atoms with Gasteiger partial charge in [0.1, 0.15) is 6.07 Å². The van der Waals surface area contributed by atoms with Crippen LogP contribution in [0.2, 0.25) is 0 Å². The quantitative estimate of drug-likeness (QED) is 0.414. The van der Waals surface area contributed by atoms with Crippen molar-refractivity contribution in [2.75, 3.05) is 5.32 Å². The number of rotatable bonds is 2. The lowest BCUT2D eigenvalue weighted by atomic mass is 10.2. The number of nitrogens with one attached hydrogen (secondary N) is 2. The molecule has 0 spiro atoms. The zero-order valence-corrected chi connectivity index (χ0v) is 7.24. The van der Waals surface area contributed by atoms with Gasteiger partial charge in [-0.1, -0.05) is 18.2 Å². The summed E-state index contributed by atoms with van der Waals surface area (Å²) in [4.78, 5) is 11.2. The van der Waals surface area contributed by atoms with Crippen LogP contribution in [-0.4, -0.2) is 11.8 Å². The molecular formula is C10H7N3O. The summed E-state index contributed by atoms with van der Waals surface area (Å²) in [6, 6.07) is 10.3. The highest BCUT2D eigenvalue weighted by molar-refractivity contribution is 6.12. The lowest BCUT2D eigenvalue weighted by Gasteiger charge is -2.00. The molecule has 0 saturated heterocycles. The Morgan fingerprint density at radius 3 is 2.50 bits per heavy atom. The first kappa shape index (κ1) is 9.72. The molecular weight excluding hydrogens is 178 g/mol. The highest BCUT2D eigenvalue weighted by Crippen LogP contribution is 2.05. The van der Waals surface area contributed by atoms with Crippen LogP contribution in [0.15, 0.2) is 35.9 Å². The van der Waals surface area contributed by atoms with Crippen molar-refractivity contribution in [1.82, 2.24) is 0 Å². The summed E-state index contributed by atoms with van der Waals surface area (Å²) < 4.78 is 0. The molecule has 68 valence electrons. The largest absolute Gasteiger partial charge is 0.321 e. The van der Waals surface area contributed by atoms with Crippen LogP contribution in [-0.2, 0) is 4.79 Å². The van der Waals surface area contributed by atoms with E-state index in [1.807, 2.05) is 6.07 Å². The van der Waals surface area contributed by atoms with Crippen molar-refractivity contribution in [3.05, 3.63) is 35.9 Å². The van der Waals surface area contributed by atoms with Gasteiger partial charge in [0.2, 0.25) is 0 Å². The summed E-state index contributed by atoms with van der Waals surface area (Å²) in [5.41, 5.74) is 0.245. The standard InChI is InChI=1S/C10H7N3O/c11-6-8(7-12)10(14)13-9-4-2-1-3-5-9/h1-5,11H,(H,13,14). The first-order valence-electron chi connectivity index (χ1n) is 3.84. The number of nitrogens with zero attached hydrogens (tertiary/aromatic N) is 1. The molecule has 0 heterocycles. The van der Waals surface area contributed by atoms with Gasteiger partial charge in [0.05, 0.1) is 0 Å². The van der Waals surface area contributed by atoms with Gasteiger partial charge in [-0.15, -0.1) is 0 Å². The van der Waals surface area contributed by atoms with Crippen LogP contribution >= 0.6 is 0 Å². The van der Waals surface area contributed by atoms with Gasteiger partial charge in [-0.3, -0.25) is 10.2 Å². The lowest BCUT2D eigenvalue weighted by Crippen LogP contribution is -2.13. The van der Waals surface area contributed by atoms with Crippen molar-refractivity contribution in [2.24, 2.45) is 0 Å². The van der Waals surface area contributed by atoms with Gasteiger partial charge < -0.3 is 5.32 Å². The Hall–Kier alpha value is -2.37. The molecule has 1 amide bonds. The summed E-state index contributed by atoms with van der Waals surface area (Å²) in [6.45, 7) is 0. The van der Waals surface area contributed by atoms with E-state index in [4.69, 9.17) is 10.7 Å². The molecule has 1 rings (SSSR count). The second-order valence-corrected chi connectivity index (χ2v) is 2.43. The summed E-state index contributed by atoms with van der Waals surface area (Å²) in [6.07, 6.45) is 0. The van der Waals surface area contributed by atoms with Crippen LogP contribution in [0.1, 0.15) is 0 Å². The van der Waals surface area contributed by atoms with E-state index in [2.05, 4.69) is 5.32 Å². The normalized spacial score (nSPS) is 8.21. The highest BCUT2D eigenvalue weighted by Gasteiger charge is 2.07. The minimum absolute atomic E-state index is 0.339. The third-order valence-electron chi connectivity index (χ3n) is 1.50. The van der Waals surface area contributed by atoms with E-state index in [1.54, 1.807) is 36.2 Å². The maximum absolute atomic E-state index is 11.2. The maximum Gasteiger partial charge on any atom is 0.275 e. The summed E-state index contributed by atoms with van der Waals surface area (Å²) in [5, 5.41) is 17.6. The number of hydrogen-bond acceptors (Lipinski definition) is 3. The molecule has 1 aromatic rings. The van der Waals surface area contributed by atoms with Gasteiger partial charge >= 0.3 is 0 Å². The van der Waals surface area contributed by atoms with Crippen LogP contribution in [0.5, 0.6) is 0 Å². The monoisotopic (exact) mass is 185 g/mol. The zero-order chi connectivity index (χ0) is 10.4. The smallest absolute Gasteiger partial charge is 0.275 e. The second kappa shape index (κ2) is 4.61. The molecule has 0 unspecified atom stereocenters. The van der Waals surface area contributed by atoms with Crippen molar-refractivity contribution in [3.63, 3.8) is 0 Å². The van der Waals surface area contributed by atoms with Crippen molar-refractivity contribution in [2.45, 2.75) is 0 Å². The van der Waals surface area contributed by atoms with Crippen molar-refractivity contribution < 1.29 is 4.79 Å². The number of nitriles is 1. The number of carbonyl (C=O) groups is 1. The fourth-order valence-electron chi connectivity index (χ4n) is 0.851. The number of para-hydroxylation sites is 1. The van der Waals surface area contributed by atoms with E-state index in [9.17, 15) is 4.79 Å². The Kier molecular flexibility index (Phi) is 3.20. The van der Waals surface area contributed by atoms with Crippen LogP contribution in [0.4, 0.5) is 5.69 Å². The maximum atomic E-state index is 11.2. The Morgan fingerprint density at radius 1 is 1.36 bits per heavy atom. The molecule has 0 radical (unpaired) electrons. The molecule has 0 aliphatic rings. The highest BCUT2D eigenvalue weighted by atomic mass is 16.1. The fourth-order valence-corrected chi connectivity index (χ4v) is 0.851. The Labute approximate surface area is 81.0 Å². The van der Waals surface area contributed by atoms with Crippen LogP contribution < -0.4 is 5.32 Å². The van der Waals surface area contributed by atoms with Crippen LogP contribution in [0, 0.1) is 16.7 Å². The first-order chi connectivity index (χ1) is 6.77. The first-order valence-corrected chi connectivity index (χ1v) is 3.84. The Balaban J connectivity index is 2.78. The second-order valence-electron chi connectivity index (χ2n) is 2.43. The van der Waals surface area contributed by atoms with Gasteiger partial charge in [-0.2, -0.15) is 5.26 Å². The van der Waals surface area contributed by atoms with Crippen LogP contribution in [0.25, 0.3) is 0 Å². The minimum Gasteiger partial charge on any atom is -0.321 e. The molecule has 0 aliphatic heterocycles. The number of hydrogen-bond donors (Lipinski definition) is 2. The summed E-state index contributed by atoms with van der Waals surface area (Å²) in [5.74, 6) is 1.15. The molecule has 0 bridgehead atoms. The SMILES string of the molecule is N#CC(=C=N)C(=O)Nc1ccccc1. The predicted octanol–water partition coefficient (Wildman–Crippen LogP) is 1.32. The van der Waals surface area contributed by atoms with E-state index in [1.165, 1.54) is 0 Å². The molecule has 14 heavy (non-hydrogen) atoms. The van der Waals surface area contributed by atoms with Crippen LogP contribution in [0.3, 0.4) is 0 Å². The molecule has 0 atom stereocenters. The van der Waals surface area contributed by atoms with Gasteiger partial charge in [0.15, 0.2) is 5.57 Å². The molecule has 2 N–H and O–H groups in total. The minimum atomic E-state index is -0.617. The third kappa shape index (κ3) is 2.31. The predicted molar refractivity (Wildman–Crippen MR) is 51.9 cm³/mol. The van der Waals surface area contributed by atoms with Crippen molar-refractivity contribution in [1.29, 1.82) is 10.7 Å². The molecule has 0 fully saturated rings. The number of benzene rings is 1. The topological polar surface area (TPSA) is 76.7 Å². The Bertz CT molecular complexity index is 424. The lowest BCUT2D eigenvalue weighted by molar-refractivity contribution is -0.112. The zero-order valence-electron chi connectivity index (χ0n) is 7.24. The van der Waals surface area contributed by atoms with E-state index < -0.39 is 5.91 Å². The average Bonchev–Trinajstić information content (AvgIpc) is 2.21. The van der Waals surface area contributed by atoms with Gasteiger partial charge in [0, 0.05) is 11.6 Å². The summed E-state index contributed by atoms with van der Waals surface area (Å²) >= 11 is 0. The van der Waals surface area contributed by atoms with Gasteiger partial charge in [-0.05, 0) is 12.1 Å². The van der Waals surface area contributed by atoms with Gasteiger partial charge in [-0.25, -0.2) is 0 Å². The van der Waals surface area contributed by atoms with Crippen molar-refractivity contribution >= 4 is 17.5 Å². The average molecular weight is 185 g/mol. The number of anilines is 1. The van der Waals surface area contributed by atoms with Gasteiger partial charge in [0.25, 0.3) is 5.91 Å². The van der Waals surface area contributed by atoms with Crippen molar-refractivity contribution in [3.8, 4) is 6.07 Å². The number of carbonyl (C=O) groups excluding carboxylic acids is 1. The molecule has 4 nitrogen and oxygen atoms in total. The summed E-state index contributed by atoms with van der Waals surface area (Å²) in [7, 11) is 0. The Morgan fingerprint density at radius 2 is 2.00 bits per heavy atom. The van der Waals surface area contributed by atoms with E-state index in [-0.39, 0.29) is 5.57 Å². The molecule has 0 aromatic heterocycles. The third-order valence-corrected chi connectivity index (χ3v) is 1.50. The molecule has 0 aliphatic carbocycles. The molecule has 0 saturated carbocycles.